The lowest BCUT2D eigenvalue weighted by atomic mass is 10.1. The van der Waals surface area contributed by atoms with Gasteiger partial charge in [0.25, 0.3) is 0 Å². The molecule has 28 heavy (non-hydrogen) atoms. The number of nitrogens with one attached hydrogen (secondary N) is 1. The first-order chi connectivity index (χ1) is 13.8. The number of nitrogens with zero attached hydrogens (tertiary/aromatic N) is 5. The van der Waals surface area contributed by atoms with Crippen molar-refractivity contribution in [3.8, 4) is 0 Å². The van der Waals surface area contributed by atoms with Crippen LogP contribution in [-0.2, 0) is 16.1 Å². The van der Waals surface area contributed by atoms with E-state index >= 15 is 0 Å². The van der Waals surface area contributed by atoms with Crippen molar-refractivity contribution in [1.29, 1.82) is 0 Å². The molecule has 3 aromatic rings. The normalized spacial score (nSPS) is 17.2. The molecular weight excluding hydrogens is 360 g/mol. The van der Waals surface area contributed by atoms with Gasteiger partial charge in [-0.25, -0.2) is 14.6 Å². The summed E-state index contributed by atoms with van der Waals surface area (Å²) in [5.74, 6) is 1.40. The van der Waals surface area contributed by atoms with E-state index in [-0.39, 0.29) is 6.10 Å². The standard InChI is InChI=1S/C19H24N6O3/c1-26-11-9-20-18-19(22-17-16(21-18)23-28-24-17)25-10-5-8-15(12-25)27-13-14-6-3-2-4-7-14/h2-4,6-7,15H,5,8-13H2,1H3,(H,20,21,23)/t15-/m0/s1. The number of benzene rings is 1. The Labute approximate surface area is 163 Å². The molecule has 1 aliphatic heterocycles. The van der Waals surface area contributed by atoms with Crippen LogP contribution in [0.1, 0.15) is 18.4 Å². The zero-order valence-electron chi connectivity index (χ0n) is 15.9. The molecule has 1 aliphatic rings. The van der Waals surface area contributed by atoms with Gasteiger partial charge in [0, 0.05) is 26.7 Å². The van der Waals surface area contributed by atoms with Gasteiger partial charge in [-0.2, -0.15) is 0 Å². The van der Waals surface area contributed by atoms with E-state index in [1.165, 1.54) is 5.56 Å². The van der Waals surface area contributed by atoms with Gasteiger partial charge in [0.1, 0.15) is 0 Å². The van der Waals surface area contributed by atoms with Crippen LogP contribution in [0.5, 0.6) is 0 Å². The summed E-state index contributed by atoms with van der Waals surface area (Å²) in [7, 11) is 1.67. The van der Waals surface area contributed by atoms with Gasteiger partial charge in [-0.15, -0.1) is 0 Å². The largest absolute Gasteiger partial charge is 0.383 e. The van der Waals surface area contributed by atoms with Gasteiger partial charge in [-0.1, -0.05) is 30.3 Å². The Morgan fingerprint density at radius 1 is 1.18 bits per heavy atom. The lowest BCUT2D eigenvalue weighted by molar-refractivity contribution is 0.0314. The van der Waals surface area contributed by atoms with E-state index in [0.717, 1.165) is 31.7 Å². The molecule has 9 nitrogen and oxygen atoms in total. The molecule has 0 amide bonds. The number of hydrogen-bond donors (Lipinski definition) is 1. The fourth-order valence-corrected chi connectivity index (χ4v) is 3.29. The number of rotatable bonds is 8. The molecule has 1 fully saturated rings. The smallest absolute Gasteiger partial charge is 0.245 e. The maximum Gasteiger partial charge on any atom is 0.245 e. The number of piperidine rings is 1. The summed E-state index contributed by atoms with van der Waals surface area (Å²) < 4.78 is 16.1. The number of anilines is 2. The van der Waals surface area contributed by atoms with Crippen LogP contribution in [-0.4, -0.2) is 59.7 Å². The third-order valence-electron chi connectivity index (χ3n) is 4.70. The third-order valence-corrected chi connectivity index (χ3v) is 4.70. The van der Waals surface area contributed by atoms with Crippen molar-refractivity contribution in [2.45, 2.75) is 25.6 Å². The Bertz CT molecular complexity index is 888. The first-order valence-corrected chi connectivity index (χ1v) is 9.47. The van der Waals surface area contributed by atoms with E-state index < -0.39 is 0 Å². The highest BCUT2D eigenvalue weighted by molar-refractivity contribution is 5.74. The van der Waals surface area contributed by atoms with E-state index in [2.05, 4.69) is 42.6 Å². The van der Waals surface area contributed by atoms with Crippen molar-refractivity contribution in [3.63, 3.8) is 0 Å². The summed E-state index contributed by atoms with van der Waals surface area (Å²) >= 11 is 0. The SMILES string of the molecule is COCCNc1nc2nonc2nc1N1CCC[C@H](OCc2ccccc2)C1. The predicted molar refractivity (Wildman–Crippen MR) is 104 cm³/mol. The molecule has 2 aromatic heterocycles. The molecule has 148 valence electrons. The monoisotopic (exact) mass is 384 g/mol. The first kappa shape index (κ1) is 18.6. The second kappa shape index (κ2) is 8.94. The zero-order valence-corrected chi connectivity index (χ0v) is 15.9. The molecule has 1 aromatic carbocycles. The maximum atomic E-state index is 6.15. The van der Waals surface area contributed by atoms with Crippen LogP contribution in [0, 0.1) is 0 Å². The van der Waals surface area contributed by atoms with Gasteiger partial charge in [0.2, 0.25) is 11.3 Å². The fraction of sp³-hybridized carbons (Fsp3) is 0.474. The lowest BCUT2D eigenvalue weighted by Crippen LogP contribution is -2.40. The first-order valence-electron chi connectivity index (χ1n) is 9.47. The predicted octanol–water partition coefficient (Wildman–Crippen LogP) is 2.26. The van der Waals surface area contributed by atoms with Crippen molar-refractivity contribution in [1.82, 2.24) is 20.3 Å². The molecule has 1 N–H and O–H groups in total. The minimum absolute atomic E-state index is 0.133. The Morgan fingerprint density at radius 3 is 2.82 bits per heavy atom. The Morgan fingerprint density at radius 2 is 2.00 bits per heavy atom. The summed E-state index contributed by atoms with van der Waals surface area (Å²) in [4.78, 5) is 11.3. The van der Waals surface area contributed by atoms with Crippen molar-refractivity contribution in [3.05, 3.63) is 35.9 Å². The number of hydrogen-bond acceptors (Lipinski definition) is 9. The highest BCUT2D eigenvalue weighted by atomic mass is 16.6. The Hall–Kier alpha value is -2.78. The second-order valence-corrected chi connectivity index (χ2v) is 6.73. The van der Waals surface area contributed by atoms with Gasteiger partial charge in [0.05, 0.1) is 19.3 Å². The van der Waals surface area contributed by atoms with Crippen molar-refractivity contribution >= 4 is 22.9 Å². The van der Waals surface area contributed by atoms with E-state index in [9.17, 15) is 0 Å². The third kappa shape index (κ3) is 4.37. The summed E-state index contributed by atoms with van der Waals surface area (Å²) in [5.41, 5.74) is 1.97. The van der Waals surface area contributed by atoms with Crippen LogP contribution in [0.15, 0.2) is 35.0 Å². The molecule has 0 saturated carbocycles. The topological polar surface area (TPSA) is 98.4 Å². The number of fused-ring (bicyclic) bond motifs is 1. The highest BCUT2D eigenvalue weighted by Crippen LogP contribution is 2.27. The van der Waals surface area contributed by atoms with Crippen LogP contribution in [0.25, 0.3) is 11.3 Å². The van der Waals surface area contributed by atoms with E-state index in [1.54, 1.807) is 7.11 Å². The van der Waals surface area contributed by atoms with E-state index in [4.69, 9.17) is 14.1 Å². The molecule has 0 aliphatic carbocycles. The number of ether oxygens (including phenoxy) is 2. The Kier molecular flexibility index (Phi) is 5.93. The molecule has 1 saturated heterocycles. The molecular formula is C19H24N6O3. The van der Waals surface area contributed by atoms with Gasteiger partial charge in [0.15, 0.2) is 11.6 Å². The molecule has 0 unspecified atom stereocenters. The van der Waals surface area contributed by atoms with E-state index in [0.29, 0.717) is 36.9 Å². The summed E-state index contributed by atoms with van der Waals surface area (Å²) in [6.45, 7) is 3.43. The minimum atomic E-state index is 0.133. The Balaban J connectivity index is 1.48. The van der Waals surface area contributed by atoms with Crippen LogP contribution in [0.3, 0.4) is 0 Å². The second-order valence-electron chi connectivity index (χ2n) is 6.73. The molecule has 4 rings (SSSR count). The number of methoxy groups -OCH3 is 1. The van der Waals surface area contributed by atoms with Gasteiger partial charge in [-0.05, 0) is 28.7 Å². The van der Waals surface area contributed by atoms with Crippen molar-refractivity contribution < 1.29 is 14.1 Å². The molecule has 0 bridgehead atoms. The average Bonchev–Trinajstić information content (AvgIpc) is 3.20. The van der Waals surface area contributed by atoms with Crippen LogP contribution in [0.4, 0.5) is 11.6 Å². The van der Waals surface area contributed by atoms with Crippen LogP contribution in [0.2, 0.25) is 0 Å². The molecule has 9 heteroatoms. The minimum Gasteiger partial charge on any atom is -0.383 e. The van der Waals surface area contributed by atoms with Crippen molar-refractivity contribution in [2.24, 2.45) is 0 Å². The zero-order chi connectivity index (χ0) is 19.2. The average molecular weight is 384 g/mol. The highest BCUT2D eigenvalue weighted by Gasteiger charge is 2.25. The summed E-state index contributed by atoms with van der Waals surface area (Å²) in [6.07, 6.45) is 2.18. The molecule has 0 spiro atoms. The number of aromatic nitrogens is 4. The van der Waals surface area contributed by atoms with Gasteiger partial charge < -0.3 is 19.7 Å². The molecule has 0 radical (unpaired) electrons. The quantitative estimate of drug-likeness (QED) is 0.586. The van der Waals surface area contributed by atoms with Gasteiger partial charge in [-0.3, -0.25) is 0 Å². The summed E-state index contributed by atoms with van der Waals surface area (Å²) in [5, 5.41) is 10.9. The fourth-order valence-electron chi connectivity index (χ4n) is 3.29. The molecule has 3 heterocycles. The van der Waals surface area contributed by atoms with Crippen molar-refractivity contribution in [2.75, 3.05) is 43.6 Å². The van der Waals surface area contributed by atoms with Gasteiger partial charge >= 0.3 is 0 Å². The van der Waals surface area contributed by atoms with Crippen LogP contribution < -0.4 is 10.2 Å². The maximum absolute atomic E-state index is 6.15. The summed E-state index contributed by atoms with van der Waals surface area (Å²) in [6, 6.07) is 10.2. The molecule has 1 atom stereocenters. The lowest BCUT2D eigenvalue weighted by Gasteiger charge is -2.34. The van der Waals surface area contributed by atoms with Crippen LogP contribution >= 0.6 is 0 Å². The van der Waals surface area contributed by atoms with E-state index in [1.807, 2.05) is 18.2 Å².